The first-order valence-electron chi connectivity index (χ1n) is 7.09. The van der Waals surface area contributed by atoms with Crippen LogP contribution < -0.4 is 5.73 Å². The molecule has 3 aromatic rings. The molecule has 0 saturated heterocycles. The van der Waals surface area contributed by atoms with Crippen molar-refractivity contribution in [2.45, 2.75) is 18.3 Å². The second-order valence-electron chi connectivity index (χ2n) is 5.81. The van der Waals surface area contributed by atoms with Crippen LogP contribution in [0.5, 0.6) is 0 Å². The second kappa shape index (κ2) is 4.25. The van der Waals surface area contributed by atoms with Crippen molar-refractivity contribution in [1.29, 1.82) is 0 Å². The lowest BCUT2D eigenvalue weighted by molar-refractivity contribution is 0.705. The number of benzene rings is 2. The van der Waals surface area contributed by atoms with E-state index in [2.05, 4.69) is 16.7 Å². The van der Waals surface area contributed by atoms with Gasteiger partial charge in [-0.3, -0.25) is 0 Å². The van der Waals surface area contributed by atoms with Crippen molar-refractivity contribution in [3.63, 3.8) is 0 Å². The molecule has 1 aliphatic rings. The number of rotatable bonds is 2. The minimum atomic E-state index is 0.0186. The monoisotopic (exact) mass is 297 g/mol. The first kappa shape index (κ1) is 12.7. The zero-order chi connectivity index (χ0) is 14.6. The largest absolute Gasteiger partial charge is 0.399 e. The van der Waals surface area contributed by atoms with Gasteiger partial charge in [-0.1, -0.05) is 29.8 Å². The number of fused-ring (bicyclic) bond motifs is 1. The quantitative estimate of drug-likeness (QED) is 0.729. The molecular formula is C17H16ClN3. The first-order valence-corrected chi connectivity index (χ1v) is 7.47. The predicted octanol–water partition coefficient (Wildman–Crippen LogP) is 3.89. The van der Waals surface area contributed by atoms with Gasteiger partial charge in [0.15, 0.2) is 0 Å². The molecule has 2 N–H and O–H groups in total. The zero-order valence-corrected chi connectivity index (χ0v) is 12.6. The van der Waals surface area contributed by atoms with Crippen LogP contribution in [0.2, 0.25) is 5.02 Å². The molecule has 1 fully saturated rings. The third-order valence-corrected chi connectivity index (χ3v) is 4.79. The number of aryl methyl sites for hydroxylation is 1. The van der Waals surface area contributed by atoms with E-state index in [1.54, 1.807) is 0 Å². The molecule has 3 nitrogen and oxygen atoms in total. The summed E-state index contributed by atoms with van der Waals surface area (Å²) >= 11 is 6.34. The van der Waals surface area contributed by atoms with Gasteiger partial charge in [0.1, 0.15) is 5.82 Å². The standard InChI is InChI=1S/C17H16ClN3/c1-21-15-13(18)3-2-4-14(15)20-16(21)17(9-10-17)11-5-7-12(19)8-6-11/h2-8H,9-10,19H2,1H3. The van der Waals surface area contributed by atoms with Gasteiger partial charge in [-0.25, -0.2) is 4.98 Å². The number of para-hydroxylation sites is 1. The van der Waals surface area contributed by atoms with Crippen LogP contribution in [0.4, 0.5) is 5.69 Å². The SMILES string of the molecule is Cn1c(C2(c3ccc(N)cc3)CC2)nc2cccc(Cl)c21. The van der Waals surface area contributed by atoms with Gasteiger partial charge in [0, 0.05) is 12.7 Å². The molecule has 0 atom stereocenters. The van der Waals surface area contributed by atoms with Crippen LogP contribution in [-0.4, -0.2) is 9.55 Å². The fourth-order valence-corrected chi connectivity index (χ4v) is 3.51. The number of nitrogens with zero attached hydrogens (tertiary/aromatic N) is 2. The summed E-state index contributed by atoms with van der Waals surface area (Å²) in [5, 5.41) is 0.752. The van der Waals surface area contributed by atoms with Crippen LogP contribution in [0.15, 0.2) is 42.5 Å². The lowest BCUT2D eigenvalue weighted by atomic mass is 9.95. The Morgan fingerprint density at radius 2 is 1.86 bits per heavy atom. The molecule has 2 aromatic carbocycles. The Kier molecular flexibility index (Phi) is 2.57. The lowest BCUT2D eigenvalue weighted by Crippen LogP contribution is -2.15. The topological polar surface area (TPSA) is 43.8 Å². The summed E-state index contributed by atoms with van der Waals surface area (Å²) in [5.41, 5.74) is 9.87. The zero-order valence-electron chi connectivity index (χ0n) is 11.8. The van der Waals surface area contributed by atoms with E-state index in [0.29, 0.717) is 0 Å². The van der Waals surface area contributed by atoms with Gasteiger partial charge in [0.25, 0.3) is 0 Å². The summed E-state index contributed by atoms with van der Waals surface area (Å²) in [5.74, 6) is 1.09. The van der Waals surface area contributed by atoms with Gasteiger partial charge in [0.05, 0.1) is 21.5 Å². The number of aromatic nitrogens is 2. The maximum atomic E-state index is 6.34. The average Bonchev–Trinajstić information content (AvgIpc) is 3.20. The van der Waals surface area contributed by atoms with Crippen LogP contribution >= 0.6 is 11.6 Å². The minimum absolute atomic E-state index is 0.0186. The number of nitrogen functional groups attached to an aromatic ring is 1. The van der Waals surface area contributed by atoms with Crippen molar-refractivity contribution in [1.82, 2.24) is 9.55 Å². The Bertz CT molecular complexity index is 829. The molecule has 1 heterocycles. The Morgan fingerprint density at radius 1 is 1.14 bits per heavy atom. The van der Waals surface area contributed by atoms with Crippen molar-refractivity contribution in [3.8, 4) is 0 Å². The smallest absolute Gasteiger partial charge is 0.120 e. The van der Waals surface area contributed by atoms with E-state index in [-0.39, 0.29) is 5.41 Å². The molecule has 106 valence electrons. The second-order valence-corrected chi connectivity index (χ2v) is 6.21. The molecule has 0 amide bonds. The Balaban J connectivity index is 1.92. The molecule has 4 heteroatoms. The fourth-order valence-electron chi connectivity index (χ4n) is 3.22. The van der Waals surface area contributed by atoms with Gasteiger partial charge in [-0.05, 0) is 42.7 Å². The van der Waals surface area contributed by atoms with Gasteiger partial charge < -0.3 is 10.3 Å². The normalized spacial score (nSPS) is 16.3. The molecule has 4 rings (SSSR count). The molecule has 0 unspecified atom stereocenters. The van der Waals surface area contributed by atoms with Gasteiger partial charge in [-0.15, -0.1) is 0 Å². The molecule has 21 heavy (non-hydrogen) atoms. The van der Waals surface area contributed by atoms with Crippen LogP contribution in [-0.2, 0) is 12.5 Å². The molecule has 1 aliphatic carbocycles. The Morgan fingerprint density at radius 3 is 2.48 bits per heavy atom. The first-order chi connectivity index (χ1) is 10.1. The fraction of sp³-hybridized carbons (Fsp3) is 0.235. The van der Waals surface area contributed by atoms with Crippen LogP contribution in [0, 0.1) is 0 Å². The molecule has 0 aliphatic heterocycles. The van der Waals surface area contributed by atoms with Crippen LogP contribution in [0.3, 0.4) is 0 Å². The van der Waals surface area contributed by atoms with E-state index in [4.69, 9.17) is 22.3 Å². The Labute approximate surface area is 128 Å². The van der Waals surface area contributed by atoms with Crippen molar-refractivity contribution in [2.24, 2.45) is 7.05 Å². The highest BCUT2D eigenvalue weighted by atomic mass is 35.5. The van der Waals surface area contributed by atoms with Crippen molar-refractivity contribution in [2.75, 3.05) is 5.73 Å². The molecule has 1 saturated carbocycles. The Hall–Kier alpha value is -2.00. The summed E-state index contributed by atoms with van der Waals surface area (Å²) < 4.78 is 2.14. The van der Waals surface area contributed by atoms with Crippen molar-refractivity contribution < 1.29 is 0 Å². The van der Waals surface area contributed by atoms with E-state index in [0.717, 1.165) is 40.4 Å². The molecule has 0 spiro atoms. The van der Waals surface area contributed by atoms with E-state index < -0.39 is 0 Å². The molecule has 0 radical (unpaired) electrons. The number of halogens is 1. The van der Waals surface area contributed by atoms with Gasteiger partial charge in [-0.2, -0.15) is 0 Å². The third-order valence-electron chi connectivity index (χ3n) is 4.49. The minimum Gasteiger partial charge on any atom is -0.399 e. The highest BCUT2D eigenvalue weighted by molar-refractivity contribution is 6.35. The van der Waals surface area contributed by atoms with Gasteiger partial charge >= 0.3 is 0 Å². The van der Waals surface area contributed by atoms with Crippen LogP contribution in [0.25, 0.3) is 11.0 Å². The third kappa shape index (κ3) is 1.77. The molecule has 0 bridgehead atoms. The summed E-state index contributed by atoms with van der Waals surface area (Å²) in [6.45, 7) is 0. The average molecular weight is 298 g/mol. The summed E-state index contributed by atoms with van der Waals surface area (Å²) in [4.78, 5) is 4.85. The number of hydrogen-bond acceptors (Lipinski definition) is 2. The highest BCUT2D eigenvalue weighted by Gasteiger charge is 2.49. The maximum Gasteiger partial charge on any atom is 0.120 e. The van der Waals surface area contributed by atoms with Crippen molar-refractivity contribution >= 4 is 28.3 Å². The maximum absolute atomic E-state index is 6.34. The van der Waals surface area contributed by atoms with E-state index in [1.165, 1.54) is 5.56 Å². The number of nitrogens with two attached hydrogens (primary N) is 1. The number of hydrogen-bond donors (Lipinski definition) is 1. The van der Waals surface area contributed by atoms with E-state index >= 15 is 0 Å². The number of anilines is 1. The van der Waals surface area contributed by atoms with Crippen LogP contribution in [0.1, 0.15) is 24.2 Å². The summed E-state index contributed by atoms with van der Waals surface area (Å²) in [6, 6.07) is 14.0. The van der Waals surface area contributed by atoms with Gasteiger partial charge in [0.2, 0.25) is 0 Å². The molecular weight excluding hydrogens is 282 g/mol. The van der Waals surface area contributed by atoms with Crippen molar-refractivity contribution in [3.05, 3.63) is 58.9 Å². The molecule has 1 aromatic heterocycles. The lowest BCUT2D eigenvalue weighted by Gasteiger charge is -2.16. The van der Waals surface area contributed by atoms with E-state index in [1.807, 2.05) is 37.4 Å². The van der Waals surface area contributed by atoms with E-state index in [9.17, 15) is 0 Å². The summed E-state index contributed by atoms with van der Waals surface area (Å²) in [6.07, 6.45) is 2.23. The number of imidazole rings is 1. The highest BCUT2D eigenvalue weighted by Crippen LogP contribution is 2.53. The predicted molar refractivity (Wildman–Crippen MR) is 86.6 cm³/mol. The summed E-state index contributed by atoms with van der Waals surface area (Å²) in [7, 11) is 2.05.